The first kappa shape index (κ1) is 15.6. The van der Waals surface area contributed by atoms with E-state index in [1.807, 2.05) is 0 Å². The second-order valence-corrected chi connectivity index (χ2v) is 5.89. The molecule has 1 aliphatic rings. The molecule has 0 amide bonds. The van der Waals surface area contributed by atoms with Gasteiger partial charge in [0.15, 0.2) is 0 Å². The van der Waals surface area contributed by atoms with Crippen LogP contribution in [0.3, 0.4) is 0 Å². The minimum Gasteiger partial charge on any atom is -0.383 e. The van der Waals surface area contributed by atoms with Crippen LogP contribution < -0.4 is 10.6 Å². The van der Waals surface area contributed by atoms with E-state index in [1.165, 1.54) is 0 Å². The zero-order chi connectivity index (χ0) is 16.3. The second-order valence-electron chi connectivity index (χ2n) is 5.89. The van der Waals surface area contributed by atoms with Crippen molar-refractivity contribution in [3.63, 3.8) is 0 Å². The summed E-state index contributed by atoms with van der Waals surface area (Å²) in [6.45, 7) is 2.09. The number of methoxy groups -OCH3 is 1. The number of benzene rings is 1. The first-order chi connectivity index (χ1) is 11.2. The van der Waals surface area contributed by atoms with Gasteiger partial charge in [-0.25, -0.2) is 0 Å². The summed E-state index contributed by atoms with van der Waals surface area (Å²) in [5.74, 6) is 0. The van der Waals surface area contributed by atoms with Gasteiger partial charge in [-0.3, -0.25) is 15.1 Å². The molecule has 2 aromatic rings. The molecule has 0 radical (unpaired) electrons. The van der Waals surface area contributed by atoms with Gasteiger partial charge in [-0.05, 0) is 43.7 Å². The van der Waals surface area contributed by atoms with Crippen LogP contribution in [-0.2, 0) is 4.74 Å². The first-order valence-electron chi connectivity index (χ1n) is 7.65. The molecule has 23 heavy (non-hydrogen) atoms. The lowest BCUT2D eigenvalue weighted by Crippen LogP contribution is -2.49. The van der Waals surface area contributed by atoms with Gasteiger partial charge < -0.3 is 15.4 Å². The van der Waals surface area contributed by atoms with Crippen molar-refractivity contribution in [1.29, 1.82) is 0 Å². The highest BCUT2D eigenvalue weighted by atomic mass is 16.6. The zero-order valence-corrected chi connectivity index (χ0v) is 13.0. The van der Waals surface area contributed by atoms with Gasteiger partial charge in [0.25, 0.3) is 0 Å². The van der Waals surface area contributed by atoms with Crippen LogP contribution in [0, 0.1) is 10.1 Å². The standard InChI is InChI=1S/C16H20N4O3/c1-23-11-16(7-3-9-19-16)10-18-14-6-5-13-12(4-2-8-17-13)15(14)20(21)22/h2,4-6,8,18-19H,3,7,9-11H2,1H3. The number of pyridine rings is 1. The van der Waals surface area contributed by atoms with Crippen LogP contribution in [0.2, 0.25) is 0 Å². The summed E-state index contributed by atoms with van der Waals surface area (Å²) in [7, 11) is 1.67. The molecular weight excluding hydrogens is 296 g/mol. The first-order valence-corrected chi connectivity index (χ1v) is 7.65. The molecular formula is C16H20N4O3. The molecule has 122 valence electrons. The number of nitrogens with one attached hydrogen (secondary N) is 2. The molecule has 1 aromatic carbocycles. The normalized spacial score (nSPS) is 20.7. The third-order valence-corrected chi connectivity index (χ3v) is 4.31. The van der Waals surface area contributed by atoms with Crippen molar-refractivity contribution in [1.82, 2.24) is 10.3 Å². The highest BCUT2D eigenvalue weighted by Crippen LogP contribution is 2.33. The van der Waals surface area contributed by atoms with Crippen LogP contribution in [0.1, 0.15) is 12.8 Å². The second kappa shape index (κ2) is 6.47. The minimum atomic E-state index is -0.350. The van der Waals surface area contributed by atoms with Gasteiger partial charge in [0, 0.05) is 19.9 Å². The Morgan fingerprint density at radius 1 is 1.48 bits per heavy atom. The molecule has 7 heteroatoms. The summed E-state index contributed by atoms with van der Waals surface area (Å²) in [6.07, 6.45) is 3.70. The predicted molar refractivity (Wildman–Crippen MR) is 88.7 cm³/mol. The Bertz CT molecular complexity index is 714. The third-order valence-electron chi connectivity index (χ3n) is 4.31. The maximum absolute atomic E-state index is 11.5. The van der Waals surface area contributed by atoms with Crippen LogP contribution in [0.4, 0.5) is 11.4 Å². The number of nitro benzene ring substituents is 1. The quantitative estimate of drug-likeness (QED) is 0.628. The summed E-state index contributed by atoms with van der Waals surface area (Å²) < 4.78 is 5.32. The summed E-state index contributed by atoms with van der Waals surface area (Å²) in [5, 5.41) is 18.8. The third kappa shape index (κ3) is 3.11. The Labute approximate surface area is 134 Å². The number of hydrogen-bond acceptors (Lipinski definition) is 6. The van der Waals surface area contributed by atoms with Crippen molar-refractivity contribution in [2.75, 3.05) is 32.1 Å². The summed E-state index contributed by atoms with van der Waals surface area (Å²) in [4.78, 5) is 15.4. The van der Waals surface area contributed by atoms with Gasteiger partial charge in [-0.1, -0.05) is 0 Å². The summed E-state index contributed by atoms with van der Waals surface area (Å²) in [6, 6.07) is 6.97. The number of hydrogen-bond donors (Lipinski definition) is 2. The van der Waals surface area contributed by atoms with E-state index in [-0.39, 0.29) is 16.1 Å². The SMILES string of the molecule is COCC1(CNc2ccc3ncccc3c2[N+](=O)[O-])CCCN1. The topological polar surface area (TPSA) is 89.3 Å². The van der Waals surface area contributed by atoms with Crippen molar-refractivity contribution in [3.05, 3.63) is 40.6 Å². The van der Waals surface area contributed by atoms with Crippen LogP contribution >= 0.6 is 0 Å². The van der Waals surface area contributed by atoms with Crippen LogP contribution in [0.5, 0.6) is 0 Å². The number of rotatable bonds is 6. The fraction of sp³-hybridized carbons (Fsp3) is 0.438. The van der Waals surface area contributed by atoms with Crippen molar-refractivity contribution >= 4 is 22.3 Å². The maximum atomic E-state index is 11.5. The Hall–Kier alpha value is -2.25. The van der Waals surface area contributed by atoms with Gasteiger partial charge in [0.1, 0.15) is 5.69 Å². The molecule has 0 saturated carbocycles. The number of nitrogens with zero attached hydrogens (tertiary/aromatic N) is 2. The number of anilines is 1. The molecule has 1 aromatic heterocycles. The highest BCUT2D eigenvalue weighted by molar-refractivity contribution is 5.94. The predicted octanol–water partition coefficient (Wildman–Crippen LogP) is 2.32. The Morgan fingerprint density at radius 3 is 3.04 bits per heavy atom. The number of ether oxygens (including phenoxy) is 1. The molecule has 1 fully saturated rings. The van der Waals surface area contributed by atoms with E-state index in [0.717, 1.165) is 19.4 Å². The Kier molecular flexibility index (Phi) is 4.40. The molecule has 0 spiro atoms. The molecule has 1 aliphatic heterocycles. The number of aromatic nitrogens is 1. The van der Waals surface area contributed by atoms with Gasteiger partial charge in [0.2, 0.25) is 0 Å². The zero-order valence-electron chi connectivity index (χ0n) is 13.0. The van der Waals surface area contributed by atoms with Gasteiger partial charge in [0.05, 0.1) is 28.0 Å². The van der Waals surface area contributed by atoms with Crippen molar-refractivity contribution < 1.29 is 9.66 Å². The summed E-state index contributed by atoms with van der Waals surface area (Å²) in [5.41, 5.74) is 1.03. The lowest BCUT2D eigenvalue weighted by Gasteiger charge is -2.29. The fourth-order valence-electron chi connectivity index (χ4n) is 3.21. The van der Waals surface area contributed by atoms with Gasteiger partial charge in [-0.15, -0.1) is 0 Å². The Balaban J connectivity index is 1.90. The summed E-state index contributed by atoms with van der Waals surface area (Å²) >= 11 is 0. The molecule has 1 atom stereocenters. The molecule has 0 bridgehead atoms. The van der Waals surface area contributed by atoms with Gasteiger partial charge >= 0.3 is 5.69 Å². The Morgan fingerprint density at radius 2 is 2.35 bits per heavy atom. The van der Waals surface area contributed by atoms with Crippen molar-refractivity contribution in [2.24, 2.45) is 0 Å². The van der Waals surface area contributed by atoms with Crippen molar-refractivity contribution in [2.45, 2.75) is 18.4 Å². The van der Waals surface area contributed by atoms with Crippen LogP contribution in [0.15, 0.2) is 30.5 Å². The smallest absolute Gasteiger partial charge is 0.301 e. The van der Waals surface area contributed by atoms with E-state index in [9.17, 15) is 10.1 Å². The molecule has 2 heterocycles. The molecule has 1 saturated heterocycles. The van der Waals surface area contributed by atoms with Crippen molar-refractivity contribution in [3.8, 4) is 0 Å². The maximum Gasteiger partial charge on any atom is 0.301 e. The highest BCUT2D eigenvalue weighted by Gasteiger charge is 2.34. The lowest BCUT2D eigenvalue weighted by molar-refractivity contribution is -0.382. The monoisotopic (exact) mass is 316 g/mol. The number of fused-ring (bicyclic) bond motifs is 1. The molecule has 3 rings (SSSR count). The largest absolute Gasteiger partial charge is 0.383 e. The van der Waals surface area contributed by atoms with E-state index >= 15 is 0 Å². The van der Waals surface area contributed by atoms with Gasteiger partial charge in [-0.2, -0.15) is 0 Å². The average molecular weight is 316 g/mol. The van der Waals surface area contributed by atoms with E-state index in [2.05, 4.69) is 15.6 Å². The molecule has 0 aliphatic carbocycles. The van der Waals surface area contributed by atoms with E-state index < -0.39 is 0 Å². The van der Waals surface area contributed by atoms with E-state index in [1.54, 1.807) is 37.6 Å². The fourth-order valence-corrected chi connectivity index (χ4v) is 3.21. The van der Waals surface area contributed by atoms with Crippen LogP contribution in [-0.4, -0.2) is 42.3 Å². The van der Waals surface area contributed by atoms with E-state index in [4.69, 9.17) is 4.74 Å². The van der Waals surface area contributed by atoms with E-state index in [0.29, 0.717) is 29.7 Å². The molecule has 2 N–H and O–H groups in total. The minimum absolute atomic E-state index is 0.0705. The molecule has 1 unspecified atom stereocenters. The number of nitro groups is 1. The average Bonchev–Trinajstić information content (AvgIpc) is 3.01. The van der Waals surface area contributed by atoms with Crippen LogP contribution in [0.25, 0.3) is 10.9 Å². The molecule has 7 nitrogen and oxygen atoms in total. The lowest BCUT2D eigenvalue weighted by atomic mass is 9.98.